The van der Waals surface area contributed by atoms with E-state index in [1.165, 1.54) is 47.4 Å². The number of carbonyl (C=O) groups excluding carboxylic acids is 1. The number of pyridine rings is 2. The third-order valence-electron chi connectivity index (χ3n) is 5.17. The van der Waals surface area contributed by atoms with Crippen molar-refractivity contribution in [2.75, 3.05) is 18.4 Å². The minimum atomic E-state index is -0.206. The van der Waals surface area contributed by atoms with Crippen LogP contribution in [0.5, 0.6) is 0 Å². The van der Waals surface area contributed by atoms with Crippen molar-refractivity contribution >= 4 is 58.1 Å². The van der Waals surface area contributed by atoms with E-state index < -0.39 is 0 Å². The van der Waals surface area contributed by atoms with E-state index >= 15 is 0 Å². The highest BCUT2D eigenvalue weighted by Gasteiger charge is 2.17. The normalized spacial score (nSPS) is 12.7. The standard InChI is InChI=1S/C22H22Cl2N4O.ClH/c23-17-12-14(13-27-21(17)24)22(29)26-11-5-10-25-20-15-6-1-3-8-18(15)28-19-9-4-2-7-16(19)20;/h1,3,6,8,12-13H,2,4-5,7,9-11H2,(H,25,28)(H,26,29);1H. The molecule has 2 N–H and O–H groups in total. The van der Waals surface area contributed by atoms with Crippen molar-refractivity contribution in [3.05, 3.63) is 63.5 Å². The molecule has 0 spiro atoms. The molecule has 0 aliphatic heterocycles. The van der Waals surface area contributed by atoms with Gasteiger partial charge in [0.05, 0.1) is 16.1 Å². The summed E-state index contributed by atoms with van der Waals surface area (Å²) in [5, 5.41) is 8.14. The molecule has 1 aliphatic rings. The molecule has 2 heterocycles. The van der Waals surface area contributed by atoms with Gasteiger partial charge in [0.15, 0.2) is 0 Å². The molecule has 158 valence electrons. The SMILES string of the molecule is Cl.O=C(NCCCNc1c2c(nc3ccccc13)CCCC2)c1cnc(Cl)c(Cl)c1. The Labute approximate surface area is 192 Å². The van der Waals surface area contributed by atoms with Gasteiger partial charge in [0, 0.05) is 36.1 Å². The van der Waals surface area contributed by atoms with Crippen LogP contribution in [0.3, 0.4) is 0 Å². The number of hydrogen-bond acceptors (Lipinski definition) is 4. The smallest absolute Gasteiger partial charge is 0.252 e. The number of benzene rings is 1. The van der Waals surface area contributed by atoms with E-state index in [0.717, 1.165) is 31.3 Å². The lowest BCUT2D eigenvalue weighted by atomic mass is 9.92. The van der Waals surface area contributed by atoms with Crippen molar-refractivity contribution in [1.29, 1.82) is 0 Å². The van der Waals surface area contributed by atoms with E-state index in [1.807, 2.05) is 6.07 Å². The summed E-state index contributed by atoms with van der Waals surface area (Å²) in [6, 6.07) is 9.80. The Morgan fingerprint density at radius 2 is 1.90 bits per heavy atom. The van der Waals surface area contributed by atoms with Gasteiger partial charge in [-0.3, -0.25) is 9.78 Å². The molecule has 30 heavy (non-hydrogen) atoms. The van der Waals surface area contributed by atoms with Crippen molar-refractivity contribution in [3.63, 3.8) is 0 Å². The lowest BCUT2D eigenvalue weighted by molar-refractivity contribution is 0.0953. The number of amides is 1. The quantitative estimate of drug-likeness (QED) is 0.374. The highest BCUT2D eigenvalue weighted by molar-refractivity contribution is 6.41. The molecule has 0 atom stereocenters. The minimum Gasteiger partial charge on any atom is -0.384 e. The Bertz CT molecular complexity index is 1060. The number of aryl methyl sites for hydroxylation is 1. The second kappa shape index (κ2) is 10.3. The minimum absolute atomic E-state index is 0. The number of carbonyl (C=O) groups is 1. The molecule has 4 rings (SSSR count). The molecule has 1 amide bonds. The van der Waals surface area contributed by atoms with E-state index in [-0.39, 0.29) is 28.5 Å². The maximum Gasteiger partial charge on any atom is 0.252 e. The number of aromatic nitrogens is 2. The van der Waals surface area contributed by atoms with Gasteiger partial charge in [-0.1, -0.05) is 41.4 Å². The molecule has 3 aromatic rings. The summed E-state index contributed by atoms with van der Waals surface area (Å²) in [5.74, 6) is -0.206. The monoisotopic (exact) mass is 464 g/mol. The van der Waals surface area contributed by atoms with Gasteiger partial charge in [0.25, 0.3) is 5.91 Å². The first-order valence-electron chi connectivity index (χ1n) is 9.87. The largest absolute Gasteiger partial charge is 0.384 e. The predicted octanol–water partition coefficient (Wildman–Crippen LogP) is 5.47. The first-order chi connectivity index (χ1) is 14.1. The lowest BCUT2D eigenvalue weighted by Gasteiger charge is -2.21. The van der Waals surface area contributed by atoms with E-state index in [0.29, 0.717) is 12.1 Å². The molecule has 5 nitrogen and oxygen atoms in total. The van der Waals surface area contributed by atoms with E-state index in [2.05, 4.69) is 33.8 Å². The Kier molecular flexibility index (Phi) is 7.75. The maximum absolute atomic E-state index is 12.2. The number of nitrogens with one attached hydrogen (secondary N) is 2. The van der Waals surface area contributed by atoms with E-state index in [4.69, 9.17) is 28.2 Å². The van der Waals surface area contributed by atoms with Gasteiger partial charge < -0.3 is 10.6 Å². The molecule has 0 radical (unpaired) electrons. The van der Waals surface area contributed by atoms with Gasteiger partial charge in [-0.15, -0.1) is 12.4 Å². The number of fused-ring (bicyclic) bond motifs is 2. The Hall–Kier alpha value is -2.08. The van der Waals surface area contributed by atoms with Gasteiger partial charge in [-0.25, -0.2) is 4.98 Å². The molecule has 8 heteroatoms. The van der Waals surface area contributed by atoms with E-state index in [1.54, 1.807) is 0 Å². The summed E-state index contributed by atoms with van der Waals surface area (Å²) in [4.78, 5) is 21.0. The number of hydrogen-bond donors (Lipinski definition) is 2. The Morgan fingerprint density at radius 1 is 1.10 bits per heavy atom. The third kappa shape index (κ3) is 4.97. The first-order valence-corrected chi connectivity index (χ1v) is 10.6. The summed E-state index contributed by atoms with van der Waals surface area (Å²) in [7, 11) is 0. The number of nitrogens with zero attached hydrogens (tertiary/aromatic N) is 2. The zero-order valence-electron chi connectivity index (χ0n) is 16.4. The van der Waals surface area contributed by atoms with Gasteiger partial charge in [-0.05, 0) is 49.8 Å². The van der Waals surface area contributed by atoms with Crippen molar-refractivity contribution in [2.45, 2.75) is 32.1 Å². The second-order valence-corrected chi connectivity index (χ2v) is 7.93. The van der Waals surface area contributed by atoms with Crippen molar-refractivity contribution in [1.82, 2.24) is 15.3 Å². The van der Waals surface area contributed by atoms with Crippen LogP contribution >= 0.6 is 35.6 Å². The number of anilines is 1. The van der Waals surface area contributed by atoms with Crippen LogP contribution in [0.25, 0.3) is 10.9 Å². The molecule has 0 bridgehead atoms. The molecular weight excluding hydrogens is 443 g/mol. The average Bonchev–Trinajstić information content (AvgIpc) is 2.74. The average molecular weight is 466 g/mol. The molecule has 0 fully saturated rings. The van der Waals surface area contributed by atoms with Crippen LogP contribution in [-0.4, -0.2) is 29.0 Å². The maximum atomic E-state index is 12.2. The second-order valence-electron chi connectivity index (χ2n) is 7.17. The topological polar surface area (TPSA) is 66.9 Å². The van der Waals surface area contributed by atoms with Gasteiger partial charge >= 0.3 is 0 Å². The van der Waals surface area contributed by atoms with Crippen molar-refractivity contribution in [2.24, 2.45) is 0 Å². The predicted molar refractivity (Wildman–Crippen MR) is 125 cm³/mol. The first kappa shape index (κ1) is 22.6. The fourth-order valence-electron chi connectivity index (χ4n) is 3.73. The van der Waals surface area contributed by atoms with Crippen molar-refractivity contribution in [3.8, 4) is 0 Å². The third-order valence-corrected chi connectivity index (χ3v) is 5.85. The van der Waals surface area contributed by atoms with Crippen LogP contribution in [0.4, 0.5) is 5.69 Å². The Morgan fingerprint density at radius 3 is 2.73 bits per heavy atom. The van der Waals surface area contributed by atoms with E-state index in [9.17, 15) is 4.79 Å². The lowest BCUT2D eigenvalue weighted by Crippen LogP contribution is -2.26. The summed E-state index contributed by atoms with van der Waals surface area (Å²) >= 11 is 11.7. The van der Waals surface area contributed by atoms with Gasteiger partial charge in [0.2, 0.25) is 0 Å². The molecule has 1 aromatic carbocycles. The van der Waals surface area contributed by atoms with Crippen molar-refractivity contribution < 1.29 is 4.79 Å². The summed E-state index contributed by atoms with van der Waals surface area (Å²) in [6.45, 7) is 1.32. The molecule has 0 unspecified atom stereocenters. The summed E-state index contributed by atoms with van der Waals surface area (Å²) in [6.07, 6.45) is 6.74. The van der Waals surface area contributed by atoms with Crippen LogP contribution in [0.2, 0.25) is 10.2 Å². The fraction of sp³-hybridized carbons (Fsp3) is 0.318. The Balaban J connectivity index is 0.00000256. The highest BCUT2D eigenvalue weighted by Crippen LogP contribution is 2.33. The molecule has 1 aliphatic carbocycles. The summed E-state index contributed by atoms with van der Waals surface area (Å²) < 4.78 is 0. The van der Waals surface area contributed by atoms with Crippen LogP contribution in [-0.2, 0) is 12.8 Å². The van der Waals surface area contributed by atoms with Gasteiger partial charge in [0.1, 0.15) is 5.15 Å². The van der Waals surface area contributed by atoms with Gasteiger partial charge in [-0.2, -0.15) is 0 Å². The molecule has 0 saturated heterocycles. The number of para-hydroxylation sites is 1. The molecule has 2 aromatic heterocycles. The summed E-state index contributed by atoms with van der Waals surface area (Å²) in [5.41, 5.74) is 5.21. The zero-order chi connectivity index (χ0) is 20.2. The molecular formula is C22H23Cl3N4O. The van der Waals surface area contributed by atoms with Crippen LogP contribution in [0, 0.1) is 0 Å². The van der Waals surface area contributed by atoms with Crippen LogP contribution < -0.4 is 10.6 Å². The number of rotatable bonds is 6. The fourth-order valence-corrected chi connectivity index (χ4v) is 4.00. The number of halogens is 3. The molecule has 0 saturated carbocycles. The van der Waals surface area contributed by atoms with Crippen LogP contribution in [0.1, 0.15) is 40.9 Å². The zero-order valence-corrected chi connectivity index (χ0v) is 18.7. The highest BCUT2D eigenvalue weighted by atomic mass is 35.5. The van der Waals surface area contributed by atoms with Crippen LogP contribution in [0.15, 0.2) is 36.5 Å².